The zero-order chi connectivity index (χ0) is 13.3. The minimum absolute atomic E-state index is 0.185. The van der Waals surface area contributed by atoms with Crippen molar-refractivity contribution in [1.29, 1.82) is 0 Å². The van der Waals surface area contributed by atoms with Crippen molar-refractivity contribution in [3.05, 3.63) is 21.1 Å². The highest BCUT2D eigenvalue weighted by Gasteiger charge is 2.12. The van der Waals surface area contributed by atoms with Gasteiger partial charge in [-0.1, -0.05) is 46.4 Å². The van der Waals surface area contributed by atoms with Gasteiger partial charge in [-0.05, 0) is 6.92 Å². The summed E-state index contributed by atoms with van der Waals surface area (Å²) >= 11 is 22.3. The van der Waals surface area contributed by atoms with Crippen LogP contribution in [0.4, 0.5) is 4.79 Å². The van der Waals surface area contributed by atoms with E-state index in [4.69, 9.17) is 51.1 Å². The Kier molecular flexibility index (Phi) is 9.78. The molecule has 0 aliphatic heterocycles. The monoisotopic (exact) mass is 320 g/mol. The number of halogens is 4. The van der Waals surface area contributed by atoms with Crippen molar-refractivity contribution in [3.8, 4) is 0 Å². The number of rotatable bonds is 6. The normalized spacial score (nSPS) is 12.8. The van der Waals surface area contributed by atoms with E-state index in [1.54, 1.807) is 6.92 Å². The average molecular weight is 322 g/mol. The molecule has 8 heteroatoms. The molecule has 0 bridgehead atoms. The van der Waals surface area contributed by atoms with E-state index in [-0.39, 0.29) is 19.7 Å². The highest BCUT2D eigenvalue weighted by molar-refractivity contribution is 6.37. The van der Waals surface area contributed by atoms with Crippen molar-refractivity contribution in [2.24, 2.45) is 0 Å². The third-order valence-electron chi connectivity index (χ3n) is 1.45. The van der Waals surface area contributed by atoms with E-state index in [2.05, 4.69) is 5.43 Å². The largest absolute Gasteiger partial charge is 0.449 e. The number of ether oxygens (including phenoxy) is 1. The van der Waals surface area contributed by atoms with Gasteiger partial charge in [0.25, 0.3) is 0 Å². The van der Waals surface area contributed by atoms with E-state index in [0.29, 0.717) is 10.1 Å². The minimum atomic E-state index is -0.606. The molecule has 1 N–H and O–H groups in total. The van der Waals surface area contributed by atoms with Crippen molar-refractivity contribution in [3.63, 3.8) is 0 Å². The lowest BCUT2D eigenvalue weighted by Gasteiger charge is -2.21. The van der Waals surface area contributed by atoms with Crippen LogP contribution in [0.2, 0.25) is 0 Å². The summed E-state index contributed by atoms with van der Waals surface area (Å²) in [5.41, 5.74) is 4.84. The predicted molar refractivity (Wildman–Crippen MR) is 71.3 cm³/mol. The van der Waals surface area contributed by atoms with Crippen LogP contribution < -0.4 is 5.43 Å². The van der Waals surface area contributed by atoms with Crippen molar-refractivity contribution >= 4 is 52.5 Å². The molecular formula is C9H12Cl4N2O2. The van der Waals surface area contributed by atoms with E-state index < -0.39 is 6.09 Å². The van der Waals surface area contributed by atoms with Crippen molar-refractivity contribution < 1.29 is 9.53 Å². The van der Waals surface area contributed by atoms with Crippen molar-refractivity contribution in [2.45, 2.75) is 6.92 Å². The standard InChI is InChI=1S/C9H12Cl4N2O2/c1-2-17-9(16)14-15(5-7(12)3-10)6-8(13)4-11/h3-4H,2,5-6H2,1H3,(H,14,16). The summed E-state index contributed by atoms with van der Waals surface area (Å²) in [5, 5.41) is 2.09. The smallest absolute Gasteiger partial charge is 0.421 e. The van der Waals surface area contributed by atoms with Crippen LogP contribution in [0.1, 0.15) is 6.92 Å². The molecule has 4 nitrogen and oxygen atoms in total. The number of carbonyl (C=O) groups is 1. The zero-order valence-electron chi connectivity index (χ0n) is 9.05. The third-order valence-corrected chi connectivity index (χ3v) is 2.65. The topological polar surface area (TPSA) is 41.6 Å². The van der Waals surface area contributed by atoms with Crippen LogP contribution in [0.15, 0.2) is 21.1 Å². The Morgan fingerprint density at radius 3 is 2.06 bits per heavy atom. The Hall–Kier alpha value is -0.130. The quantitative estimate of drug-likeness (QED) is 0.760. The fourth-order valence-corrected chi connectivity index (χ4v) is 1.29. The summed E-state index contributed by atoms with van der Waals surface area (Å²) in [7, 11) is 0. The summed E-state index contributed by atoms with van der Waals surface area (Å²) in [6, 6.07) is 0. The first-order valence-corrected chi connectivity index (χ1v) is 6.24. The van der Waals surface area contributed by atoms with Gasteiger partial charge in [0, 0.05) is 21.1 Å². The Morgan fingerprint density at radius 1 is 1.24 bits per heavy atom. The fraction of sp³-hybridized carbons (Fsp3) is 0.444. The van der Waals surface area contributed by atoms with Crippen LogP contribution in [-0.2, 0) is 4.74 Å². The highest BCUT2D eigenvalue weighted by atomic mass is 35.5. The number of hydrogen-bond acceptors (Lipinski definition) is 3. The molecule has 0 aromatic carbocycles. The van der Waals surface area contributed by atoms with Crippen LogP contribution in [0.3, 0.4) is 0 Å². The van der Waals surface area contributed by atoms with Crippen LogP contribution in [0.25, 0.3) is 0 Å². The Morgan fingerprint density at radius 2 is 1.71 bits per heavy atom. The van der Waals surface area contributed by atoms with Gasteiger partial charge in [-0.3, -0.25) is 5.43 Å². The van der Waals surface area contributed by atoms with Gasteiger partial charge in [0.15, 0.2) is 0 Å². The van der Waals surface area contributed by atoms with E-state index >= 15 is 0 Å². The predicted octanol–water partition coefficient (Wildman–Crippen LogP) is 3.59. The molecule has 17 heavy (non-hydrogen) atoms. The summed E-state index contributed by atoms with van der Waals surface area (Å²) in [4.78, 5) is 11.2. The molecular weight excluding hydrogens is 310 g/mol. The van der Waals surface area contributed by atoms with Gasteiger partial charge in [-0.25, -0.2) is 9.80 Å². The molecule has 0 aliphatic carbocycles. The molecule has 0 aromatic heterocycles. The number of nitrogens with zero attached hydrogens (tertiary/aromatic N) is 1. The molecule has 0 fully saturated rings. The first kappa shape index (κ1) is 16.9. The molecule has 98 valence electrons. The van der Waals surface area contributed by atoms with Gasteiger partial charge in [-0.2, -0.15) is 0 Å². The van der Waals surface area contributed by atoms with Gasteiger partial charge in [-0.15, -0.1) is 0 Å². The summed E-state index contributed by atoms with van der Waals surface area (Å²) in [6.45, 7) is 2.33. The lowest BCUT2D eigenvalue weighted by atomic mass is 10.5. The molecule has 0 unspecified atom stereocenters. The van der Waals surface area contributed by atoms with Gasteiger partial charge >= 0.3 is 6.09 Å². The summed E-state index contributed by atoms with van der Waals surface area (Å²) in [5.74, 6) is 0. The molecule has 0 rings (SSSR count). The molecule has 0 spiro atoms. The molecule has 0 radical (unpaired) electrons. The average Bonchev–Trinajstić information content (AvgIpc) is 2.28. The number of hydrogen-bond donors (Lipinski definition) is 1. The van der Waals surface area contributed by atoms with Gasteiger partial charge in [0.05, 0.1) is 19.7 Å². The Bertz CT molecular complexity index is 287. The van der Waals surface area contributed by atoms with E-state index in [9.17, 15) is 4.79 Å². The minimum Gasteiger partial charge on any atom is -0.449 e. The maximum Gasteiger partial charge on any atom is 0.421 e. The molecule has 0 atom stereocenters. The molecule has 0 heterocycles. The molecule has 0 saturated heterocycles. The third kappa shape index (κ3) is 8.57. The Balaban J connectivity index is 4.45. The molecule has 0 aromatic rings. The number of nitrogens with one attached hydrogen (secondary N) is 1. The van der Waals surface area contributed by atoms with Crippen LogP contribution in [-0.4, -0.2) is 30.8 Å². The second-order valence-corrected chi connectivity index (χ2v) is 4.21. The van der Waals surface area contributed by atoms with E-state index in [1.807, 2.05) is 0 Å². The van der Waals surface area contributed by atoms with Crippen LogP contribution >= 0.6 is 46.4 Å². The maximum absolute atomic E-state index is 11.2. The number of hydrazine groups is 1. The van der Waals surface area contributed by atoms with Crippen LogP contribution in [0, 0.1) is 0 Å². The fourth-order valence-electron chi connectivity index (χ4n) is 0.861. The Labute approximate surface area is 120 Å². The SMILES string of the molecule is CCOC(=O)NN(CC(Cl)=CCl)CC(Cl)=CCl. The molecule has 1 amide bonds. The van der Waals surface area contributed by atoms with Crippen LogP contribution in [0.5, 0.6) is 0 Å². The number of amides is 1. The van der Waals surface area contributed by atoms with E-state index in [0.717, 1.165) is 0 Å². The maximum atomic E-state index is 11.2. The molecule has 0 aliphatic rings. The second kappa shape index (κ2) is 9.85. The zero-order valence-corrected chi connectivity index (χ0v) is 12.1. The summed E-state index contributed by atoms with van der Waals surface area (Å²) in [6.07, 6.45) is -0.606. The molecule has 0 saturated carbocycles. The first-order valence-electron chi connectivity index (χ1n) is 4.61. The van der Waals surface area contributed by atoms with Gasteiger partial charge in [0.2, 0.25) is 0 Å². The number of carbonyl (C=O) groups excluding carboxylic acids is 1. The van der Waals surface area contributed by atoms with Gasteiger partial charge < -0.3 is 4.74 Å². The van der Waals surface area contributed by atoms with E-state index in [1.165, 1.54) is 16.1 Å². The lowest BCUT2D eigenvalue weighted by molar-refractivity contribution is 0.118. The van der Waals surface area contributed by atoms with Crippen molar-refractivity contribution in [1.82, 2.24) is 10.4 Å². The van der Waals surface area contributed by atoms with Crippen molar-refractivity contribution in [2.75, 3.05) is 19.7 Å². The summed E-state index contributed by atoms with van der Waals surface area (Å²) < 4.78 is 4.72. The van der Waals surface area contributed by atoms with Gasteiger partial charge in [0.1, 0.15) is 0 Å². The first-order chi connectivity index (χ1) is 8.03. The highest BCUT2D eigenvalue weighted by Crippen LogP contribution is 2.09. The lowest BCUT2D eigenvalue weighted by Crippen LogP contribution is -2.43. The second-order valence-electron chi connectivity index (χ2n) is 2.80.